The molecule has 1 N–H and O–H groups in total. The summed E-state index contributed by atoms with van der Waals surface area (Å²) < 4.78 is 18.3. The Hall–Kier alpha value is -4.31. The second-order valence-electron chi connectivity index (χ2n) is 7.60. The quantitative estimate of drug-likeness (QED) is 0.176. The molecule has 0 aliphatic rings. The first-order chi connectivity index (χ1) is 18.1. The third-order valence-electron chi connectivity index (χ3n) is 5.23. The number of ether oxygens (including phenoxy) is 3. The van der Waals surface area contributed by atoms with Crippen LogP contribution in [0.25, 0.3) is 17.1 Å². The largest absolute Gasteiger partial charge is 0.493 e. The van der Waals surface area contributed by atoms with Crippen LogP contribution in [0.3, 0.4) is 0 Å². The second kappa shape index (κ2) is 12.6. The minimum atomic E-state index is -0.273. The zero-order chi connectivity index (χ0) is 26.0. The molecule has 0 radical (unpaired) electrons. The number of nitrogens with zero attached hydrogens (tertiary/aromatic N) is 4. The Bertz CT molecular complexity index is 1370. The molecule has 37 heavy (non-hydrogen) atoms. The van der Waals surface area contributed by atoms with Crippen molar-refractivity contribution in [3.63, 3.8) is 0 Å². The summed E-state index contributed by atoms with van der Waals surface area (Å²) in [5, 5.41) is 13.4. The van der Waals surface area contributed by atoms with Crippen LogP contribution in [-0.2, 0) is 4.79 Å². The lowest BCUT2D eigenvalue weighted by molar-refractivity contribution is -0.118. The highest BCUT2D eigenvalue weighted by molar-refractivity contribution is 7.99. The van der Waals surface area contributed by atoms with Crippen molar-refractivity contribution in [3.8, 4) is 34.3 Å². The summed E-state index contributed by atoms with van der Waals surface area (Å²) in [5.41, 5.74) is 5.00. The van der Waals surface area contributed by atoms with Crippen LogP contribution >= 0.6 is 11.8 Å². The normalized spacial score (nSPS) is 10.9. The van der Waals surface area contributed by atoms with Gasteiger partial charge in [0, 0.05) is 16.8 Å². The van der Waals surface area contributed by atoms with E-state index in [1.165, 1.54) is 11.8 Å². The zero-order valence-electron chi connectivity index (χ0n) is 20.7. The number of hydrogen-bond acceptors (Lipinski definition) is 8. The minimum absolute atomic E-state index is 0.0986. The fraction of sp³-hybridized carbons (Fsp3) is 0.185. The number of rotatable bonds is 11. The first-order valence-corrected chi connectivity index (χ1v) is 12.5. The van der Waals surface area contributed by atoms with Gasteiger partial charge in [0.1, 0.15) is 5.75 Å². The highest BCUT2D eigenvalue weighted by Gasteiger charge is 2.18. The zero-order valence-corrected chi connectivity index (χ0v) is 21.6. The molecule has 0 aliphatic heterocycles. The van der Waals surface area contributed by atoms with Gasteiger partial charge in [-0.25, -0.2) is 5.43 Å². The van der Waals surface area contributed by atoms with Gasteiger partial charge in [0.2, 0.25) is 0 Å². The van der Waals surface area contributed by atoms with Crippen molar-refractivity contribution in [1.82, 2.24) is 20.2 Å². The van der Waals surface area contributed by atoms with Gasteiger partial charge >= 0.3 is 0 Å². The second-order valence-corrected chi connectivity index (χ2v) is 8.54. The number of benzene rings is 3. The SMILES string of the molecule is CCOc1ccccc1C=NNC(=O)CSc1nnc(-c2ccc(OC)c(OC)c2)n1-c1ccccc1. The average molecular weight is 518 g/mol. The lowest BCUT2D eigenvalue weighted by Crippen LogP contribution is -2.20. The van der Waals surface area contributed by atoms with E-state index < -0.39 is 0 Å². The molecule has 4 rings (SSSR count). The van der Waals surface area contributed by atoms with Crippen molar-refractivity contribution in [1.29, 1.82) is 0 Å². The van der Waals surface area contributed by atoms with Crippen LogP contribution in [0.15, 0.2) is 83.1 Å². The van der Waals surface area contributed by atoms with Gasteiger partial charge in [-0.3, -0.25) is 9.36 Å². The Morgan fingerprint density at radius 2 is 1.73 bits per heavy atom. The number of amides is 1. The predicted molar refractivity (Wildman–Crippen MR) is 144 cm³/mol. The average Bonchev–Trinajstić information content (AvgIpc) is 3.37. The van der Waals surface area contributed by atoms with Crippen LogP contribution < -0.4 is 19.6 Å². The molecular weight excluding hydrogens is 490 g/mol. The summed E-state index contributed by atoms with van der Waals surface area (Å²) in [6.45, 7) is 2.46. The first-order valence-electron chi connectivity index (χ1n) is 11.5. The van der Waals surface area contributed by atoms with Crippen molar-refractivity contribution in [2.24, 2.45) is 5.10 Å². The number of methoxy groups -OCH3 is 2. The number of hydrazone groups is 1. The van der Waals surface area contributed by atoms with Crippen LogP contribution in [0.4, 0.5) is 0 Å². The Morgan fingerprint density at radius 1 is 0.973 bits per heavy atom. The Kier molecular flexibility index (Phi) is 8.77. The lowest BCUT2D eigenvalue weighted by Gasteiger charge is -2.12. The van der Waals surface area contributed by atoms with Crippen LogP contribution in [0.1, 0.15) is 12.5 Å². The molecule has 10 heteroatoms. The maximum atomic E-state index is 12.5. The van der Waals surface area contributed by atoms with Crippen molar-refractivity contribution >= 4 is 23.9 Å². The monoisotopic (exact) mass is 517 g/mol. The van der Waals surface area contributed by atoms with Gasteiger partial charge < -0.3 is 14.2 Å². The maximum absolute atomic E-state index is 12.5. The van der Waals surface area contributed by atoms with Crippen LogP contribution in [-0.4, -0.2) is 53.5 Å². The van der Waals surface area contributed by atoms with Crippen molar-refractivity contribution in [3.05, 3.63) is 78.4 Å². The Labute approximate surface area is 219 Å². The molecule has 0 unspecified atom stereocenters. The van der Waals surface area contributed by atoms with E-state index in [2.05, 4.69) is 20.7 Å². The highest BCUT2D eigenvalue weighted by Crippen LogP contribution is 2.34. The molecule has 1 amide bonds. The smallest absolute Gasteiger partial charge is 0.250 e. The van der Waals surface area contributed by atoms with Crippen LogP contribution in [0.5, 0.6) is 17.2 Å². The fourth-order valence-corrected chi connectivity index (χ4v) is 4.29. The van der Waals surface area contributed by atoms with Gasteiger partial charge in [-0.15, -0.1) is 10.2 Å². The summed E-state index contributed by atoms with van der Waals surface area (Å²) >= 11 is 1.26. The predicted octanol–water partition coefficient (Wildman–Crippen LogP) is 4.59. The van der Waals surface area contributed by atoms with E-state index in [0.29, 0.717) is 34.8 Å². The summed E-state index contributed by atoms with van der Waals surface area (Å²) in [7, 11) is 3.17. The molecule has 1 heterocycles. The maximum Gasteiger partial charge on any atom is 0.250 e. The van der Waals surface area contributed by atoms with E-state index >= 15 is 0 Å². The van der Waals surface area contributed by atoms with Gasteiger partial charge in [-0.05, 0) is 49.4 Å². The summed E-state index contributed by atoms with van der Waals surface area (Å²) in [6, 6.07) is 22.8. The van der Waals surface area contributed by atoms with E-state index in [1.54, 1.807) is 20.4 Å². The van der Waals surface area contributed by atoms with Gasteiger partial charge in [-0.2, -0.15) is 5.10 Å². The van der Waals surface area contributed by atoms with E-state index in [4.69, 9.17) is 14.2 Å². The number of para-hydroxylation sites is 2. The van der Waals surface area contributed by atoms with Crippen molar-refractivity contribution in [2.75, 3.05) is 26.6 Å². The Balaban J connectivity index is 1.52. The van der Waals surface area contributed by atoms with E-state index in [0.717, 1.165) is 16.8 Å². The summed E-state index contributed by atoms with van der Waals surface area (Å²) in [5.74, 6) is 2.34. The number of carbonyl (C=O) groups excluding carboxylic acids is 1. The highest BCUT2D eigenvalue weighted by atomic mass is 32.2. The van der Waals surface area contributed by atoms with Crippen molar-refractivity contribution in [2.45, 2.75) is 12.1 Å². The molecule has 0 saturated carbocycles. The number of hydrogen-bond donors (Lipinski definition) is 1. The van der Waals surface area contributed by atoms with Gasteiger partial charge in [0.25, 0.3) is 5.91 Å². The Morgan fingerprint density at radius 3 is 2.49 bits per heavy atom. The fourth-order valence-electron chi connectivity index (χ4n) is 3.55. The molecule has 9 nitrogen and oxygen atoms in total. The summed E-state index contributed by atoms with van der Waals surface area (Å²) in [6.07, 6.45) is 1.56. The standard InChI is InChI=1S/C27H27N5O4S/c1-4-36-22-13-9-8-10-20(22)17-28-29-25(33)18-37-27-31-30-26(32(27)21-11-6-5-7-12-21)19-14-15-23(34-2)24(16-19)35-3/h5-17H,4,18H2,1-3H3,(H,29,33). The number of aromatic nitrogens is 3. The first kappa shape index (κ1) is 25.8. The molecule has 0 bridgehead atoms. The molecule has 4 aromatic rings. The molecular formula is C27H27N5O4S. The molecule has 3 aromatic carbocycles. The molecule has 190 valence electrons. The summed E-state index contributed by atoms with van der Waals surface area (Å²) in [4.78, 5) is 12.5. The van der Waals surface area contributed by atoms with Gasteiger partial charge in [0.05, 0.1) is 32.8 Å². The van der Waals surface area contributed by atoms with Gasteiger partial charge in [-0.1, -0.05) is 42.1 Å². The van der Waals surface area contributed by atoms with Crippen LogP contribution in [0.2, 0.25) is 0 Å². The number of carbonyl (C=O) groups is 1. The van der Waals surface area contributed by atoms with Crippen molar-refractivity contribution < 1.29 is 19.0 Å². The molecule has 0 fully saturated rings. The molecule has 0 atom stereocenters. The van der Waals surface area contributed by atoms with Crippen LogP contribution in [0, 0.1) is 0 Å². The number of thioether (sulfide) groups is 1. The molecule has 1 aromatic heterocycles. The number of nitrogens with one attached hydrogen (secondary N) is 1. The van der Waals surface area contributed by atoms with E-state index in [-0.39, 0.29) is 11.7 Å². The third kappa shape index (κ3) is 6.28. The molecule has 0 aliphatic carbocycles. The molecule has 0 saturated heterocycles. The lowest BCUT2D eigenvalue weighted by atomic mass is 10.2. The third-order valence-corrected chi connectivity index (χ3v) is 6.16. The van der Waals surface area contributed by atoms with Gasteiger partial charge in [0.15, 0.2) is 22.5 Å². The molecule has 0 spiro atoms. The van der Waals surface area contributed by atoms with E-state index in [9.17, 15) is 4.79 Å². The van der Waals surface area contributed by atoms with E-state index in [1.807, 2.05) is 84.3 Å². The minimum Gasteiger partial charge on any atom is -0.493 e. The topological polar surface area (TPSA) is 99.9 Å².